The van der Waals surface area contributed by atoms with E-state index in [2.05, 4.69) is 27.6 Å². The number of rotatable bonds is 2. The number of halogens is 2. The van der Waals surface area contributed by atoms with E-state index in [0.29, 0.717) is 37.0 Å². The molecule has 114 valence electrons. The molecule has 2 aliphatic rings. The van der Waals surface area contributed by atoms with E-state index in [-0.39, 0.29) is 18.2 Å². The molecule has 1 aromatic heterocycles. The van der Waals surface area contributed by atoms with E-state index >= 15 is 0 Å². The van der Waals surface area contributed by atoms with Gasteiger partial charge in [-0.15, -0.1) is 0 Å². The molecule has 0 aliphatic carbocycles. The molecular formula is C13H14ClIN2O4. The number of aromatic nitrogens is 1. The first-order valence-corrected chi connectivity index (χ1v) is 8.07. The summed E-state index contributed by atoms with van der Waals surface area (Å²) in [5, 5.41) is 9.73. The minimum Gasteiger partial charge on any atom is -0.488 e. The van der Waals surface area contributed by atoms with Crippen molar-refractivity contribution in [1.82, 2.24) is 9.88 Å². The molecule has 2 aliphatic heterocycles. The minimum absolute atomic E-state index is 0.0315. The Kier molecular flexibility index (Phi) is 4.41. The van der Waals surface area contributed by atoms with Gasteiger partial charge in [0.15, 0.2) is 5.75 Å². The zero-order valence-corrected chi connectivity index (χ0v) is 14.0. The number of piperidine rings is 1. The second-order valence-electron chi connectivity index (χ2n) is 5.18. The molecular weight excluding hydrogens is 411 g/mol. The zero-order valence-electron chi connectivity index (χ0n) is 11.0. The average Bonchev–Trinajstić information content (AvgIpc) is 2.40. The van der Waals surface area contributed by atoms with Crippen LogP contribution >= 0.6 is 34.2 Å². The molecule has 2 bridgehead atoms. The lowest BCUT2D eigenvalue weighted by Crippen LogP contribution is -2.60. The highest BCUT2D eigenvalue weighted by molar-refractivity contribution is 14.1. The lowest BCUT2D eigenvalue weighted by atomic mass is 9.92. The van der Waals surface area contributed by atoms with Gasteiger partial charge in [0, 0.05) is 12.8 Å². The fourth-order valence-electron chi connectivity index (χ4n) is 2.94. The Morgan fingerprint density at radius 2 is 2.14 bits per heavy atom. The summed E-state index contributed by atoms with van der Waals surface area (Å²) < 4.78 is 12.4. The van der Waals surface area contributed by atoms with Gasteiger partial charge < -0.3 is 14.6 Å². The standard InChI is InChI=1S/C13H14ClIN2O4/c14-12-3-10(15)11(4-16-12)21-9-1-7-5-20-6-8(2-9)17(7)13(18)19/h3-4,7-9H,1-2,5-6H2,(H,18,19)/t7-,8+,9+. The minimum atomic E-state index is -0.880. The molecule has 1 amide bonds. The highest BCUT2D eigenvalue weighted by Gasteiger charge is 2.42. The lowest BCUT2D eigenvalue weighted by Gasteiger charge is -2.46. The van der Waals surface area contributed by atoms with Crippen molar-refractivity contribution in [2.24, 2.45) is 0 Å². The van der Waals surface area contributed by atoms with Crippen LogP contribution in [0.15, 0.2) is 12.3 Å². The second-order valence-corrected chi connectivity index (χ2v) is 6.73. The van der Waals surface area contributed by atoms with Crippen molar-refractivity contribution in [1.29, 1.82) is 0 Å². The topological polar surface area (TPSA) is 71.9 Å². The molecule has 0 aromatic carbocycles. The highest BCUT2D eigenvalue weighted by Crippen LogP contribution is 2.32. The fraction of sp³-hybridized carbons (Fsp3) is 0.538. The molecule has 3 heterocycles. The molecule has 0 saturated carbocycles. The third-order valence-electron chi connectivity index (χ3n) is 3.78. The van der Waals surface area contributed by atoms with Crippen LogP contribution in [0.4, 0.5) is 4.79 Å². The highest BCUT2D eigenvalue weighted by atomic mass is 127. The van der Waals surface area contributed by atoms with Gasteiger partial charge in [-0.1, -0.05) is 11.6 Å². The van der Waals surface area contributed by atoms with Crippen LogP contribution in [0.2, 0.25) is 5.15 Å². The van der Waals surface area contributed by atoms with Gasteiger partial charge in [-0.2, -0.15) is 0 Å². The third-order valence-corrected chi connectivity index (χ3v) is 4.83. The van der Waals surface area contributed by atoms with Crippen molar-refractivity contribution in [2.45, 2.75) is 31.0 Å². The number of carbonyl (C=O) groups is 1. The number of hydrogen-bond acceptors (Lipinski definition) is 4. The van der Waals surface area contributed by atoms with E-state index in [1.54, 1.807) is 12.3 Å². The molecule has 2 saturated heterocycles. The van der Waals surface area contributed by atoms with Crippen LogP contribution in [-0.4, -0.2) is 52.5 Å². The van der Waals surface area contributed by atoms with E-state index in [1.807, 2.05) is 0 Å². The number of ether oxygens (including phenoxy) is 2. The van der Waals surface area contributed by atoms with Gasteiger partial charge in [0.25, 0.3) is 0 Å². The Morgan fingerprint density at radius 1 is 1.48 bits per heavy atom. The predicted molar refractivity (Wildman–Crippen MR) is 83.9 cm³/mol. The summed E-state index contributed by atoms with van der Waals surface area (Å²) in [7, 11) is 0. The van der Waals surface area contributed by atoms with Crippen LogP contribution in [0, 0.1) is 3.57 Å². The number of fused-ring (bicyclic) bond motifs is 2. The quantitative estimate of drug-likeness (QED) is 0.584. The summed E-state index contributed by atoms with van der Waals surface area (Å²) in [4.78, 5) is 16.9. The first kappa shape index (κ1) is 15.1. The SMILES string of the molecule is O=C(O)N1[C@@H]2COC[C@H]1C[C@H](Oc1cnc(Cl)cc1I)C2. The van der Waals surface area contributed by atoms with Crippen LogP contribution in [0.25, 0.3) is 0 Å². The summed E-state index contributed by atoms with van der Waals surface area (Å²) in [5.74, 6) is 0.688. The zero-order chi connectivity index (χ0) is 15.0. The Morgan fingerprint density at radius 3 is 2.71 bits per heavy atom. The number of nitrogens with zero attached hydrogens (tertiary/aromatic N) is 2. The van der Waals surface area contributed by atoms with E-state index in [9.17, 15) is 9.90 Å². The Balaban J connectivity index is 1.72. The van der Waals surface area contributed by atoms with Crippen LogP contribution in [0.1, 0.15) is 12.8 Å². The Bertz CT molecular complexity index is 545. The van der Waals surface area contributed by atoms with Crippen molar-refractivity contribution in [2.75, 3.05) is 13.2 Å². The molecule has 0 spiro atoms. The first-order valence-electron chi connectivity index (χ1n) is 6.61. The molecule has 1 aromatic rings. The summed E-state index contributed by atoms with van der Waals surface area (Å²) in [6, 6.07) is 1.46. The van der Waals surface area contributed by atoms with Crippen LogP contribution < -0.4 is 4.74 Å². The number of amides is 1. The van der Waals surface area contributed by atoms with Gasteiger partial charge in [-0.3, -0.25) is 4.90 Å². The van der Waals surface area contributed by atoms with Crippen molar-refractivity contribution in [3.8, 4) is 5.75 Å². The third kappa shape index (κ3) is 3.19. The largest absolute Gasteiger partial charge is 0.488 e. The maximum absolute atomic E-state index is 11.3. The first-order chi connectivity index (χ1) is 10.0. The monoisotopic (exact) mass is 424 g/mol. The van der Waals surface area contributed by atoms with Gasteiger partial charge in [0.05, 0.1) is 35.1 Å². The molecule has 21 heavy (non-hydrogen) atoms. The van der Waals surface area contributed by atoms with Crippen LogP contribution in [-0.2, 0) is 4.74 Å². The molecule has 3 atom stereocenters. The molecule has 0 radical (unpaired) electrons. The van der Waals surface area contributed by atoms with Crippen molar-refractivity contribution in [3.05, 3.63) is 21.0 Å². The predicted octanol–water partition coefficient (Wildman–Crippen LogP) is 2.63. The molecule has 0 unspecified atom stereocenters. The average molecular weight is 425 g/mol. The van der Waals surface area contributed by atoms with E-state index in [1.165, 1.54) is 4.90 Å². The smallest absolute Gasteiger partial charge is 0.407 e. The van der Waals surface area contributed by atoms with Crippen LogP contribution in [0.5, 0.6) is 5.75 Å². The lowest BCUT2D eigenvalue weighted by molar-refractivity contribution is -0.0858. The van der Waals surface area contributed by atoms with Gasteiger partial charge in [0.2, 0.25) is 0 Å². The van der Waals surface area contributed by atoms with Crippen molar-refractivity contribution < 1.29 is 19.4 Å². The molecule has 8 heteroatoms. The summed E-state index contributed by atoms with van der Waals surface area (Å²) in [6.45, 7) is 0.858. The van der Waals surface area contributed by atoms with Gasteiger partial charge in [0.1, 0.15) is 11.3 Å². The maximum Gasteiger partial charge on any atom is 0.407 e. The van der Waals surface area contributed by atoms with Gasteiger partial charge in [-0.25, -0.2) is 9.78 Å². The Hall–Kier alpha value is -0.800. The summed E-state index contributed by atoms with van der Waals surface area (Å²) in [6.07, 6.45) is 1.95. The second kappa shape index (κ2) is 6.13. The normalized spacial score (nSPS) is 28.3. The maximum atomic E-state index is 11.3. The van der Waals surface area contributed by atoms with E-state index in [0.717, 1.165) is 3.57 Å². The molecule has 3 rings (SSSR count). The number of pyridine rings is 1. The molecule has 2 fully saturated rings. The molecule has 6 nitrogen and oxygen atoms in total. The van der Waals surface area contributed by atoms with Gasteiger partial charge >= 0.3 is 6.09 Å². The number of carboxylic acid groups (broad SMARTS) is 1. The molecule has 1 N–H and O–H groups in total. The van der Waals surface area contributed by atoms with Crippen LogP contribution in [0.3, 0.4) is 0 Å². The number of morpholine rings is 1. The number of hydrogen-bond donors (Lipinski definition) is 1. The fourth-order valence-corrected chi connectivity index (χ4v) is 3.84. The van der Waals surface area contributed by atoms with Crippen molar-refractivity contribution in [3.63, 3.8) is 0 Å². The Labute approximate surface area is 140 Å². The van der Waals surface area contributed by atoms with Crippen molar-refractivity contribution >= 4 is 40.3 Å². The van der Waals surface area contributed by atoms with Gasteiger partial charge in [-0.05, 0) is 28.7 Å². The summed E-state index contributed by atoms with van der Waals surface area (Å²) >= 11 is 7.98. The van der Waals surface area contributed by atoms with E-state index in [4.69, 9.17) is 21.1 Å². The summed E-state index contributed by atoms with van der Waals surface area (Å²) in [5.41, 5.74) is 0. The van der Waals surface area contributed by atoms with E-state index < -0.39 is 6.09 Å².